The fraction of sp³-hybridized carbons (Fsp3) is 0.429. The fourth-order valence-electron chi connectivity index (χ4n) is 8.29. The van der Waals surface area contributed by atoms with E-state index < -0.39 is 18.2 Å². The number of amides is 4. The number of hydrogen-bond acceptors (Lipinski definition) is 8. The van der Waals surface area contributed by atoms with Crippen LogP contribution < -0.4 is 10.6 Å². The van der Waals surface area contributed by atoms with Gasteiger partial charge in [0, 0.05) is 25.6 Å². The van der Waals surface area contributed by atoms with E-state index in [1.54, 1.807) is 24.4 Å². The first kappa shape index (κ1) is 44.8. The molecule has 2 aliphatic carbocycles. The number of carbonyl (C=O) groups is 4. The summed E-state index contributed by atoms with van der Waals surface area (Å²) in [4.78, 5) is 73.0. The van der Waals surface area contributed by atoms with E-state index in [2.05, 4.69) is 75.8 Å². The first-order valence-corrected chi connectivity index (χ1v) is 21.9. The molecule has 6 atom stereocenters. The van der Waals surface area contributed by atoms with Crippen LogP contribution in [-0.2, 0) is 36.9 Å². The summed E-state index contributed by atoms with van der Waals surface area (Å²) >= 11 is 0. The summed E-state index contributed by atoms with van der Waals surface area (Å²) in [6.45, 7) is 11.5. The van der Waals surface area contributed by atoms with Gasteiger partial charge in [-0.15, -0.1) is 0 Å². The third kappa shape index (κ3) is 10.9. The van der Waals surface area contributed by atoms with Crippen molar-refractivity contribution >= 4 is 23.8 Å². The minimum atomic E-state index is -0.763. The largest absolute Gasteiger partial charge is 0.453 e. The second kappa shape index (κ2) is 19.8. The second-order valence-electron chi connectivity index (χ2n) is 17.6. The van der Waals surface area contributed by atoms with Crippen molar-refractivity contribution in [3.63, 3.8) is 0 Å². The molecule has 2 aromatic heterocycles. The van der Waals surface area contributed by atoms with Crippen molar-refractivity contribution in [3.05, 3.63) is 108 Å². The molecule has 2 heterocycles. The number of ether oxygens (including phenoxy) is 2. The molecule has 14 heteroatoms. The zero-order valence-corrected chi connectivity index (χ0v) is 37.3. The number of hydrogen-bond donors (Lipinski definition) is 4. The molecule has 63 heavy (non-hydrogen) atoms. The van der Waals surface area contributed by atoms with E-state index in [-0.39, 0.29) is 48.1 Å². The smallest absolute Gasteiger partial charge is 0.407 e. The highest BCUT2D eigenvalue weighted by atomic mass is 16.5. The Labute approximate surface area is 369 Å². The normalized spacial score (nSPS) is 18.3. The molecule has 332 valence electrons. The standard InChI is InChI=1S/C49H60N8O6/c1-29(2)43(55-49(61)63-7)47(59)56(25-30(3)28-62-6)26-41-50-23-39(52-41)35-17-13-33(14-18-35)34-15-19-36(20-16-34)40-24-51-42(53-40)27-57(45-31(4)32(45)5)48(60)44(37-11-9-8-10-12-37)54-46(58)38-21-22-38/h8-20,23-24,29-32,38,43-45H,21-22,25-28H2,1-7H3,(H,50,52)(H,51,53)(H,54,58)(H,55,61)/t30-,31-,32+,43-,44+,45?/m0/s1. The van der Waals surface area contributed by atoms with Crippen LogP contribution in [-0.4, -0.2) is 93.0 Å². The molecular formula is C49H60N8O6. The van der Waals surface area contributed by atoms with Crippen molar-refractivity contribution in [1.29, 1.82) is 0 Å². The van der Waals surface area contributed by atoms with Crippen LogP contribution in [0.25, 0.3) is 33.6 Å². The Morgan fingerprint density at radius 1 is 0.730 bits per heavy atom. The predicted octanol–water partition coefficient (Wildman–Crippen LogP) is 7.38. The van der Waals surface area contributed by atoms with Gasteiger partial charge in [0.1, 0.15) is 23.7 Å². The lowest BCUT2D eigenvalue weighted by molar-refractivity contribution is -0.138. The van der Waals surface area contributed by atoms with Crippen LogP contribution >= 0.6 is 0 Å². The van der Waals surface area contributed by atoms with E-state index in [0.29, 0.717) is 43.2 Å². The Morgan fingerprint density at radius 3 is 1.76 bits per heavy atom. The van der Waals surface area contributed by atoms with Gasteiger partial charge in [-0.1, -0.05) is 113 Å². The first-order chi connectivity index (χ1) is 30.3. The van der Waals surface area contributed by atoms with E-state index in [4.69, 9.17) is 14.5 Å². The molecule has 2 saturated carbocycles. The molecule has 7 rings (SSSR count). The molecule has 0 bridgehead atoms. The van der Waals surface area contributed by atoms with Gasteiger partial charge in [-0.3, -0.25) is 14.4 Å². The van der Waals surface area contributed by atoms with Crippen molar-refractivity contribution < 1.29 is 28.7 Å². The van der Waals surface area contributed by atoms with E-state index in [0.717, 1.165) is 52.0 Å². The Kier molecular flexibility index (Phi) is 14.1. The molecule has 1 unspecified atom stereocenters. The number of aromatic amines is 2. The summed E-state index contributed by atoms with van der Waals surface area (Å²) in [7, 11) is 2.91. The van der Waals surface area contributed by atoms with Gasteiger partial charge in [0.15, 0.2) is 0 Å². The van der Waals surface area contributed by atoms with Crippen LogP contribution in [0.3, 0.4) is 0 Å². The molecule has 5 aromatic rings. The summed E-state index contributed by atoms with van der Waals surface area (Å²) in [5.41, 5.74) is 6.44. The minimum absolute atomic E-state index is 0.0153. The lowest BCUT2D eigenvalue weighted by Gasteiger charge is -2.30. The van der Waals surface area contributed by atoms with Crippen LogP contribution in [0.2, 0.25) is 0 Å². The van der Waals surface area contributed by atoms with Crippen molar-refractivity contribution in [2.45, 2.75) is 78.7 Å². The number of nitrogens with one attached hydrogen (secondary N) is 4. The monoisotopic (exact) mass is 856 g/mol. The average molecular weight is 857 g/mol. The summed E-state index contributed by atoms with van der Waals surface area (Å²) in [5, 5.41) is 5.76. The van der Waals surface area contributed by atoms with Crippen LogP contribution in [0, 0.1) is 29.6 Å². The van der Waals surface area contributed by atoms with E-state index in [1.807, 2.05) is 68.1 Å². The predicted molar refractivity (Wildman–Crippen MR) is 240 cm³/mol. The molecule has 4 amide bonds. The van der Waals surface area contributed by atoms with Crippen molar-refractivity contribution in [2.75, 3.05) is 27.4 Å². The summed E-state index contributed by atoms with van der Waals surface area (Å²) in [6.07, 6.45) is 4.64. The molecule has 0 saturated heterocycles. The summed E-state index contributed by atoms with van der Waals surface area (Å²) < 4.78 is 10.1. The third-order valence-electron chi connectivity index (χ3n) is 12.4. The maximum atomic E-state index is 14.4. The number of rotatable bonds is 19. The number of aromatic nitrogens is 4. The quantitative estimate of drug-likeness (QED) is 0.0666. The van der Waals surface area contributed by atoms with Gasteiger partial charge in [0.2, 0.25) is 17.7 Å². The number of alkyl carbamates (subject to hydrolysis) is 1. The summed E-state index contributed by atoms with van der Waals surface area (Å²) in [6, 6.07) is 24.5. The highest BCUT2D eigenvalue weighted by Crippen LogP contribution is 2.44. The Bertz CT molecular complexity index is 2330. The maximum Gasteiger partial charge on any atom is 0.407 e. The van der Waals surface area contributed by atoms with Crippen LogP contribution in [0.4, 0.5) is 4.79 Å². The van der Waals surface area contributed by atoms with Gasteiger partial charge in [-0.2, -0.15) is 0 Å². The highest BCUT2D eigenvalue weighted by molar-refractivity contribution is 5.90. The number of benzene rings is 3. The topological polar surface area (TPSA) is 175 Å². The Hall–Kier alpha value is -6.28. The number of nitrogens with zero attached hydrogens (tertiary/aromatic N) is 4. The van der Waals surface area contributed by atoms with E-state index in [1.165, 1.54) is 7.11 Å². The van der Waals surface area contributed by atoms with E-state index >= 15 is 0 Å². The molecule has 0 aliphatic heterocycles. The van der Waals surface area contributed by atoms with Gasteiger partial charge in [0.25, 0.3) is 0 Å². The van der Waals surface area contributed by atoms with Gasteiger partial charge in [-0.05, 0) is 64.3 Å². The van der Waals surface area contributed by atoms with Crippen molar-refractivity contribution in [3.8, 4) is 33.6 Å². The van der Waals surface area contributed by atoms with Crippen LogP contribution in [0.15, 0.2) is 91.3 Å². The second-order valence-corrected chi connectivity index (χ2v) is 17.6. The molecule has 0 radical (unpaired) electrons. The zero-order valence-electron chi connectivity index (χ0n) is 37.3. The Morgan fingerprint density at radius 2 is 1.27 bits per heavy atom. The molecule has 3 aromatic carbocycles. The molecule has 14 nitrogen and oxygen atoms in total. The summed E-state index contributed by atoms with van der Waals surface area (Å²) in [5.74, 6) is 1.46. The number of methoxy groups -OCH3 is 2. The lowest BCUT2D eigenvalue weighted by Crippen LogP contribution is -2.52. The highest BCUT2D eigenvalue weighted by Gasteiger charge is 2.50. The number of carbonyl (C=O) groups excluding carboxylic acids is 4. The molecule has 4 N–H and O–H groups in total. The van der Waals surface area contributed by atoms with Gasteiger partial charge < -0.3 is 39.9 Å². The van der Waals surface area contributed by atoms with Crippen molar-refractivity contribution in [2.24, 2.45) is 29.6 Å². The molecular weight excluding hydrogens is 797 g/mol. The zero-order chi connectivity index (χ0) is 44.8. The van der Waals surface area contributed by atoms with Gasteiger partial charge >= 0.3 is 6.09 Å². The number of H-pyrrole nitrogens is 2. The molecule has 2 fully saturated rings. The third-order valence-corrected chi connectivity index (χ3v) is 12.4. The number of imidazole rings is 2. The van der Waals surface area contributed by atoms with E-state index in [9.17, 15) is 19.2 Å². The van der Waals surface area contributed by atoms with Crippen molar-refractivity contribution in [1.82, 2.24) is 40.4 Å². The fourth-order valence-corrected chi connectivity index (χ4v) is 8.29. The minimum Gasteiger partial charge on any atom is -0.453 e. The van der Waals surface area contributed by atoms with Gasteiger partial charge in [0.05, 0.1) is 50.6 Å². The molecule has 0 spiro atoms. The first-order valence-electron chi connectivity index (χ1n) is 21.9. The Balaban J connectivity index is 1.01. The van der Waals surface area contributed by atoms with Gasteiger partial charge in [-0.25, -0.2) is 14.8 Å². The van der Waals surface area contributed by atoms with Crippen LogP contribution in [0.5, 0.6) is 0 Å². The molecule has 2 aliphatic rings. The SMILES string of the molecule is COC[C@@H](C)CN(Cc1ncc(-c2ccc(-c3ccc(-c4cnc(CN(C(=O)[C@H](NC(=O)C5CC5)c5ccccc5)C5[C@@H](C)[C@H]5C)[nH]4)cc3)cc2)[nH]1)C(=O)[C@@H](NC(=O)OC)C(C)C. The maximum absolute atomic E-state index is 14.4. The average Bonchev–Trinajstić information content (AvgIpc) is 4.10. The van der Waals surface area contributed by atoms with Crippen LogP contribution in [0.1, 0.15) is 70.7 Å². The lowest BCUT2D eigenvalue weighted by atomic mass is 10.0.